The molecule has 8 nitrogen and oxygen atoms in total. The Labute approximate surface area is 182 Å². The van der Waals surface area contributed by atoms with Crippen molar-refractivity contribution >= 4 is 50.0 Å². The number of aromatic amines is 2. The fourth-order valence-corrected chi connectivity index (χ4v) is 4.94. The van der Waals surface area contributed by atoms with E-state index in [0.29, 0.717) is 24.7 Å². The summed E-state index contributed by atoms with van der Waals surface area (Å²) in [5, 5.41) is 7.39. The smallest absolute Gasteiger partial charge is 0.305 e. The third kappa shape index (κ3) is 3.81. The molecule has 160 valence electrons. The molecule has 5 rings (SSSR count). The lowest BCUT2D eigenvalue weighted by molar-refractivity contribution is -0.125. The van der Waals surface area contributed by atoms with E-state index in [2.05, 4.69) is 44.4 Å². The number of carbonyl (C=O) groups excluding carboxylic acids is 1. The molecule has 0 spiro atoms. The molecule has 1 atom stereocenters. The molecule has 1 aliphatic carbocycles. The molecule has 0 saturated carbocycles. The number of rotatable bonds is 5. The summed E-state index contributed by atoms with van der Waals surface area (Å²) in [6, 6.07) is 5.74. The van der Waals surface area contributed by atoms with E-state index in [1.54, 1.807) is 0 Å². The van der Waals surface area contributed by atoms with Crippen molar-refractivity contribution in [1.29, 1.82) is 0 Å². The molecule has 0 saturated heterocycles. The molecule has 0 radical (unpaired) electrons. The SMILES string of the molecule is CC(C)CNC(=O)C1CCc2[nH]c3ncnc(Nc4ccc5[nH]c(=O)sc5c4)c3c2C1. The molecule has 1 amide bonds. The Balaban J connectivity index is 1.47. The molecule has 0 aliphatic heterocycles. The first-order valence-electron chi connectivity index (χ1n) is 10.5. The van der Waals surface area contributed by atoms with Crippen LogP contribution in [0.5, 0.6) is 0 Å². The van der Waals surface area contributed by atoms with Crippen molar-refractivity contribution in [2.45, 2.75) is 33.1 Å². The number of benzene rings is 1. The van der Waals surface area contributed by atoms with Crippen molar-refractivity contribution in [2.24, 2.45) is 11.8 Å². The molecule has 9 heteroatoms. The summed E-state index contributed by atoms with van der Waals surface area (Å²) in [4.78, 5) is 39.4. The number of aryl methyl sites for hydroxylation is 1. The van der Waals surface area contributed by atoms with Gasteiger partial charge in [-0.15, -0.1) is 0 Å². The van der Waals surface area contributed by atoms with Crippen LogP contribution in [0.3, 0.4) is 0 Å². The molecule has 1 unspecified atom stereocenters. The molecule has 4 N–H and O–H groups in total. The minimum atomic E-state index is -0.0712. The average Bonchev–Trinajstić information content (AvgIpc) is 3.30. The molecule has 1 aromatic carbocycles. The maximum absolute atomic E-state index is 12.7. The second-order valence-corrected chi connectivity index (χ2v) is 9.47. The van der Waals surface area contributed by atoms with Crippen molar-refractivity contribution in [1.82, 2.24) is 25.3 Å². The minimum absolute atomic E-state index is 0.0493. The molecular formula is C22H24N6O2S. The zero-order valence-corrected chi connectivity index (χ0v) is 18.2. The van der Waals surface area contributed by atoms with Gasteiger partial charge in [-0.3, -0.25) is 9.59 Å². The first-order valence-corrected chi connectivity index (χ1v) is 11.3. The number of H-pyrrole nitrogens is 2. The van der Waals surface area contributed by atoms with Gasteiger partial charge in [0, 0.05) is 23.8 Å². The molecule has 0 bridgehead atoms. The van der Waals surface area contributed by atoms with Gasteiger partial charge in [0.05, 0.1) is 15.6 Å². The van der Waals surface area contributed by atoms with E-state index < -0.39 is 0 Å². The van der Waals surface area contributed by atoms with Crippen molar-refractivity contribution in [3.63, 3.8) is 0 Å². The third-order valence-electron chi connectivity index (χ3n) is 5.72. The van der Waals surface area contributed by atoms with Crippen LogP contribution in [-0.2, 0) is 17.6 Å². The standard InChI is InChI=1S/C22H24N6O2S/c1-11(2)9-23-21(29)12-3-5-15-14(7-12)18-19(24-10-25-20(18)27-15)26-13-4-6-16-17(8-13)31-22(30)28-16/h4,6,8,10-12H,3,5,7,9H2,1-2H3,(H,23,29)(H,28,30)(H2,24,25,26,27). The Morgan fingerprint density at radius 1 is 1.29 bits per heavy atom. The van der Waals surface area contributed by atoms with E-state index in [0.717, 1.165) is 51.0 Å². The summed E-state index contributed by atoms with van der Waals surface area (Å²) in [5.41, 5.74) is 4.69. The molecule has 31 heavy (non-hydrogen) atoms. The second kappa shape index (κ2) is 7.81. The molecule has 0 fully saturated rings. The lowest BCUT2D eigenvalue weighted by Crippen LogP contribution is -2.35. The van der Waals surface area contributed by atoms with E-state index in [-0.39, 0.29) is 16.7 Å². The maximum atomic E-state index is 12.7. The highest BCUT2D eigenvalue weighted by Gasteiger charge is 2.29. The van der Waals surface area contributed by atoms with E-state index in [1.165, 1.54) is 17.7 Å². The van der Waals surface area contributed by atoms with Gasteiger partial charge in [-0.2, -0.15) is 0 Å². The minimum Gasteiger partial charge on any atom is -0.356 e. The number of fused-ring (bicyclic) bond motifs is 4. The van der Waals surface area contributed by atoms with Gasteiger partial charge in [0.15, 0.2) is 0 Å². The summed E-state index contributed by atoms with van der Waals surface area (Å²) in [6.07, 6.45) is 3.84. The van der Waals surface area contributed by atoms with Crippen molar-refractivity contribution in [3.8, 4) is 0 Å². The first-order chi connectivity index (χ1) is 15.0. The van der Waals surface area contributed by atoms with E-state index in [4.69, 9.17) is 0 Å². The topological polar surface area (TPSA) is 116 Å². The third-order valence-corrected chi connectivity index (χ3v) is 6.56. The lowest BCUT2D eigenvalue weighted by atomic mass is 9.86. The number of nitrogens with zero attached hydrogens (tertiary/aromatic N) is 2. The highest BCUT2D eigenvalue weighted by molar-refractivity contribution is 7.16. The fraction of sp³-hybridized carbons (Fsp3) is 0.364. The number of anilines is 2. The van der Waals surface area contributed by atoms with Crippen LogP contribution in [0.2, 0.25) is 0 Å². The van der Waals surface area contributed by atoms with Gasteiger partial charge >= 0.3 is 4.87 Å². The maximum Gasteiger partial charge on any atom is 0.305 e. The molecule has 4 aromatic rings. The van der Waals surface area contributed by atoms with Crippen LogP contribution >= 0.6 is 11.3 Å². The molecule has 3 heterocycles. The Kier molecular flexibility index (Phi) is 4.97. The van der Waals surface area contributed by atoms with Crippen molar-refractivity contribution in [2.75, 3.05) is 11.9 Å². The Morgan fingerprint density at radius 2 is 2.16 bits per heavy atom. The fourth-order valence-electron chi connectivity index (χ4n) is 4.17. The van der Waals surface area contributed by atoms with E-state index in [9.17, 15) is 9.59 Å². The second-order valence-electron chi connectivity index (χ2n) is 8.46. The number of thiazole rings is 1. The van der Waals surface area contributed by atoms with Gasteiger partial charge in [0.25, 0.3) is 0 Å². The number of carbonyl (C=O) groups is 1. The highest BCUT2D eigenvalue weighted by Crippen LogP contribution is 2.35. The number of aromatic nitrogens is 4. The van der Waals surface area contributed by atoms with Gasteiger partial charge in [0.2, 0.25) is 5.91 Å². The lowest BCUT2D eigenvalue weighted by Gasteiger charge is -2.22. The van der Waals surface area contributed by atoms with Crippen LogP contribution in [0, 0.1) is 11.8 Å². The van der Waals surface area contributed by atoms with Gasteiger partial charge in [-0.05, 0) is 48.9 Å². The van der Waals surface area contributed by atoms with Crippen molar-refractivity contribution in [3.05, 3.63) is 45.5 Å². The summed E-state index contributed by atoms with van der Waals surface area (Å²) < 4.78 is 0.887. The van der Waals surface area contributed by atoms with Crippen molar-refractivity contribution < 1.29 is 4.79 Å². The van der Waals surface area contributed by atoms with Crippen LogP contribution in [-0.4, -0.2) is 32.4 Å². The van der Waals surface area contributed by atoms with Crippen LogP contribution in [0.15, 0.2) is 29.3 Å². The Bertz CT molecular complexity index is 1340. The summed E-state index contributed by atoms with van der Waals surface area (Å²) >= 11 is 1.18. The number of nitrogens with one attached hydrogen (secondary N) is 4. The van der Waals surface area contributed by atoms with E-state index >= 15 is 0 Å². The summed E-state index contributed by atoms with van der Waals surface area (Å²) in [7, 11) is 0. The zero-order valence-electron chi connectivity index (χ0n) is 17.4. The number of hydrogen-bond donors (Lipinski definition) is 4. The van der Waals surface area contributed by atoms with Crippen LogP contribution < -0.4 is 15.5 Å². The van der Waals surface area contributed by atoms with Gasteiger partial charge in [0.1, 0.15) is 17.8 Å². The highest BCUT2D eigenvalue weighted by atomic mass is 32.1. The van der Waals surface area contributed by atoms with Crippen LogP contribution in [0.25, 0.3) is 21.3 Å². The summed E-state index contributed by atoms with van der Waals surface area (Å²) in [6.45, 7) is 4.88. The monoisotopic (exact) mass is 436 g/mol. The Morgan fingerprint density at radius 3 is 3.00 bits per heavy atom. The molecule has 3 aromatic heterocycles. The van der Waals surface area contributed by atoms with Gasteiger partial charge < -0.3 is 20.6 Å². The van der Waals surface area contributed by atoms with Gasteiger partial charge in [-0.1, -0.05) is 25.2 Å². The first kappa shape index (κ1) is 19.7. The molecule has 1 aliphatic rings. The van der Waals surface area contributed by atoms with Crippen LogP contribution in [0.1, 0.15) is 31.5 Å². The number of hydrogen-bond acceptors (Lipinski definition) is 6. The predicted octanol–water partition coefficient (Wildman–Crippen LogP) is 3.48. The van der Waals surface area contributed by atoms with Gasteiger partial charge in [-0.25, -0.2) is 9.97 Å². The average molecular weight is 437 g/mol. The Hall–Kier alpha value is -3.20. The van der Waals surface area contributed by atoms with Crippen LogP contribution in [0.4, 0.5) is 11.5 Å². The van der Waals surface area contributed by atoms with E-state index in [1.807, 2.05) is 18.2 Å². The molecular weight excluding hydrogens is 412 g/mol. The summed E-state index contributed by atoms with van der Waals surface area (Å²) in [5.74, 6) is 1.20. The predicted molar refractivity (Wildman–Crippen MR) is 123 cm³/mol. The quantitative estimate of drug-likeness (QED) is 0.382. The number of amides is 1. The largest absolute Gasteiger partial charge is 0.356 e. The normalized spacial score (nSPS) is 16.0. The zero-order chi connectivity index (χ0) is 21.5.